The van der Waals surface area contributed by atoms with Gasteiger partial charge in [0.05, 0.1) is 6.61 Å². The molecule has 3 N–H and O–H groups in total. The fourth-order valence-electron chi connectivity index (χ4n) is 1.52. The molecule has 0 saturated carbocycles. The highest BCUT2D eigenvalue weighted by atomic mass is 19.1. The summed E-state index contributed by atoms with van der Waals surface area (Å²) in [7, 11) is 0. The molecule has 4 nitrogen and oxygen atoms in total. The summed E-state index contributed by atoms with van der Waals surface area (Å²) in [5, 5.41) is 11.6. The molecule has 0 bridgehead atoms. The van der Waals surface area contributed by atoms with Gasteiger partial charge in [-0.3, -0.25) is 0 Å². The summed E-state index contributed by atoms with van der Waals surface area (Å²) in [6.45, 7) is 4.25. The van der Waals surface area contributed by atoms with Crippen LogP contribution in [0.3, 0.4) is 0 Å². The van der Waals surface area contributed by atoms with Crippen molar-refractivity contribution < 1.29 is 14.3 Å². The summed E-state index contributed by atoms with van der Waals surface area (Å²) in [5.41, 5.74) is 5.20. The number of halogens is 1. The van der Waals surface area contributed by atoms with Gasteiger partial charge >= 0.3 is 0 Å². The van der Waals surface area contributed by atoms with Crippen LogP contribution in [0.25, 0.3) is 0 Å². The van der Waals surface area contributed by atoms with Crippen LogP contribution in [-0.4, -0.2) is 17.6 Å². The van der Waals surface area contributed by atoms with Gasteiger partial charge in [-0.2, -0.15) is 0 Å². The number of oxime groups is 1. The van der Waals surface area contributed by atoms with E-state index in [-0.39, 0.29) is 17.1 Å². The zero-order valence-electron chi connectivity index (χ0n) is 10.7. The molecule has 0 aliphatic heterocycles. The maximum Gasteiger partial charge on any atom is 0.144 e. The van der Waals surface area contributed by atoms with E-state index >= 15 is 0 Å². The van der Waals surface area contributed by atoms with Crippen LogP contribution in [0, 0.1) is 11.2 Å². The second kappa shape index (κ2) is 6.23. The van der Waals surface area contributed by atoms with Crippen LogP contribution in [0.1, 0.15) is 26.7 Å². The first kappa shape index (κ1) is 14.3. The van der Waals surface area contributed by atoms with E-state index in [4.69, 9.17) is 15.7 Å². The summed E-state index contributed by atoms with van der Waals surface area (Å²) in [5.74, 6) is 0.398. The van der Waals surface area contributed by atoms with E-state index in [1.807, 2.05) is 13.8 Å². The van der Waals surface area contributed by atoms with Crippen LogP contribution < -0.4 is 10.5 Å². The molecule has 0 fully saturated rings. The number of hydrogen-bond acceptors (Lipinski definition) is 3. The molecule has 0 amide bonds. The van der Waals surface area contributed by atoms with E-state index < -0.39 is 0 Å². The molecular weight excluding hydrogens is 235 g/mol. The number of ether oxygens (including phenoxy) is 1. The zero-order valence-corrected chi connectivity index (χ0v) is 10.7. The second-order valence-corrected chi connectivity index (χ2v) is 4.78. The molecule has 0 saturated heterocycles. The molecule has 0 aromatic heterocycles. The Bertz CT molecular complexity index is 419. The monoisotopic (exact) mass is 254 g/mol. The maximum atomic E-state index is 12.9. The third kappa shape index (κ3) is 4.24. The first-order valence-electron chi connectivity index (χ1n) is 5.82. The molecule has 1 aromatic rings. The molecule has 0 spiro atoms. The minimum atomic E-state index is -0.375. The van der Waals surface area contributed by atoms with Crippen molar-refractivity contribution in [2.75, 3.05) is 6.61 Å². The van der Waals surface area contributed by atoms with Crippen LogP contribution in [0.15, 0.2) is 29.4 Å². The summed E-state index contributed by atoms with van der Waals surface area (Å²) >= 11 is 0. The third-order valence-corrected chi connectivity index (χ3v) is 2.81. The summed E-state index contributed by atoms with van der Waals surface area (Å²) in [4.78, 5) is 0. The molecule has 18 heavy (non-hydrogen) atoms. The molecular formula is C13H19FN2O2. The number of rotatable bonds is 6. The van der Waals surface area contributed by atoms with Crippen molar-refractivity contribution in [2.24, 2.45) is 16.3 Å². The van der Waals surface area contributed by atoms with Crippen molar-refractivity contribution in [2.45, 2.75) is 26.7 Å². The average Bonchev–Trinajstić information content (AvgIpc) is 2.33. The van der Waals surface area contributed by atoms with Gasteiger partial charge in [-0.25, -0.2) is 4.39 Å². The minimum absolute atomic E-state index is 0.202. The van der Waals surface area contributed by atoms with Gasteiger partial charge in [-0.05, 0) is 25.0 Å². The summed E-state index contributed by atoms with van der Waals surface area (Å²) < 4.78 is 18.3. The molecule has 100 valence electrons. The van der Waals surface area contributed by atoms with Crippen molar-refractivity contribution in [3.05, 3.63) is 30.1 Å². The topological polar surface area (TPSA) is 67.8 Å². The highest BCUT2D eigenvalue weighted by molar-refractivity contribution is 5.85. The Hall–Kier alpha value is -1.78. The lowest BCUT2D eigenvalue weighted by Crippen LogP contribution is -2.32. The van der Waals surface area contributed by atoms with Gasteiger partial charge in [0.1, 0.15) is 17.4 Å². The van der Waals surface area contributed by atoms with E-state index in [1.54, 1.807) is 12.1 Å². The van der Waals surface area contributed by atoms with Gasteiger partial charge in [0.25, 0.3) is 0 Å². The zero-order chi connectivity index (χ0) is 13.6. The summed E-state index contributed by atoms with van der Waals surface area (Å²) in [6.07, 6.45) is 1.46. The Balaban J connectivity index is 2.35. The molecule has 0 heterocycles. The van der Waals surface area contributed by atoms with Crippen LogP contribution in [0.5, 0.6) is 5.75 Å². The van der Waals surface area contributed by atoms with Gasteiger partial charge in [-0.1, -0.05) is 25.1 Å². The molecule has 5 heteroatoms. The van der Waals surface area contributed by atoms with Crippen molar-refractivity contribution >= 4 is 5.84 Å². The van der Waals surface area contributed by atoms with Crippen LogP contribution in [0.2, 0.25) is 0 Å². The molecule has 0 unspecified atom stereocenters. The standard InChI is InChI=1S/C13H19FN2O2/c1-13(2,12(15)16-17)7-4-8-18-11-6-3-5-10(14)9-11/h3,5-6,9,17H,4,7-8H2,1-2H3,(H2,15,16). The van der Waals surface area contributed by atoms with Gasteiger partial charge < -0.3 is 15.7 Å². The van der Waals surface area contributed by atoms with E-state index in [9.17, 15) is 4.39 Å². The predicted octanol–water partition coefficient (Wildman–Crippen LogP) is 2.76. The van der Waals surface area contributed by atoms with Crippen LogP contribution >= 0.6 is 0 Å². The lowest BCUT2D eigenvalue weighted by Gasteiger charge is -2.22. The fraction of sp³-hybridized carbons (Fsp3) is 0.462. The number of hydrogen-bond donors (Lipinski definition) is 2. The number of benzene rings is 1. The van der Waals surface area contributed by atoms with E-state index in [0.717, 1.165) is 12.8 Å². The number of nitrogens with two attached hydrogens (primary N) is 1. The van der Waals surface area contributed by atoms with Crippen molar-refractivity contribution in [1.82, 2.24) is 0 Å². The Morgan fingerprint density at radius 3 is 2.83 bits per heavy atom. The predicted molar refractivity (Wildman–Crippen MR) is 68.3 cm³/mol. The highest BCUT2D eigenvalue weighted by Crippen LogP contribution is 2.22. The van der Waals surface area contributed by atoms with E-state index in [1.165, 1.54) is 12.1 Å². The van der Waals surface area contributed by atoms with Gasteiger partial charge in [0.2, 0.25) is 0 Å². The first-order valence-corrected chi connectivity index (χ1v) is 5.82. The molecule has 0 radical (unpaired) electrons. The van der Waals surface area contributed by atoms with E-state index in [0.29, 0.717) is 12.4 Å². The lowest BCUT2D eigenvalue weighted by atomic mass is 9.87. The van der Waals surface area contributed by atoms with E-state index in [2.05, 4.69) is 5.16 Å². The van der Waals surface area contributed by atoms with Crippen molar-refractivity contribution in [3.8, 4) is 5.75 Å². The molecule has 1 aromatic carbocycles. The molecule has 0 atom stereocenters. The quantitative estimate of drug-likeness (QED) is 0.270. The van der Waals surface area contributed by atoms with Gasteiger partial charge in [0, 0.05) is 11.5 Å². The highest BCUT2D eigenvalue weighted by Gasteiger charge is 2.22. The smallest absolute Gasteiger partial charge is 0.144 e. The Kier molecular flexibility index (Phi) is 4.95. The van der Waals surface area contributed by atoms with Crippen LogP contribution in [-0.2, 0) is 0 Å². The number of amidine groups is 1. The fourth-order valence-corrected chi connectivity index (χ4v) is 1.52. The Morgan fingerprint density at radius 2 is 2.22 bits per heavy atom. The number of nitrogens with zero attached hydrogens (tertiary/aromatic N) is 1. The normalized spacial score (nSPS) is 12.5. The SMILES string of the molecule is CC(C)(CCCOc1cccc(F)c1)C(N)=NO. The molecule has 0 aliphatic carbocycles. The van der Waals surface area contributed by atoms with Gasteiger partial charge in [0.15, 0.2) is 0 Å². The largest absolute Gasteiger partial charge is 0.493 e. The van der Waals surface area contributed by atoms with Crippen LogP contribution in [0.4, 0.5) is 4.39 Å². The van der Waals surface area contributed by atoms with Crippen molar-refractivity contribution in [3.63, 3.8) is 0 Å². The Morgan fingerprint density at radius 1 is 1.50 bits per heavy atom. The van der Waals surface area contributed by atoms with Gasteiger partial charge in [-0.15, -0.1) is 0 Å². The molecule has 1 rings (SSSR count). The summed E-state index contributed by atoms with van der Waals surface area (Å²) in [6, 6.07) is 6.02. The third-order valence-electron chi connectivity index (χ3n) is 2.81. The average molecular weight is 254 g/mol. The second-order valence-electron chi connectivity index (χ2n) is 4.78. The Labute approximate surface area is 106 Å². The maximum absolute atomic E-state index is 12.9. The molecule has 0 aliphatic rings. The first-order chi connectivity index (χ1) is 8.45. The van der Waals surface area contributed by atoms with Crippen molar-refractivity contribution in [1.29, 1.82) is 0 Å². The lowest BCUT2D eigenvalue weighted by molar-refractivity contribution is 0.277. The minimum Gasteiger partial charge on any atom is -0.493 e.